The van der Waals surface area contributed by atoms with E-state index in [1.165, 1.54) is 12.1 Å². The molecular formula is C19H18FN5O2. The molecule has 1 atom stereocenters. The molecule has 4 aliphatic rings. The molecule has 1 N–H and O–H groups in total. The number of carbonyl (C=O) groups excluding carboxylic acids is 2. The van der Waals surface area contributed by atoms with Crippen LogP contribution >= 0.6 is 0 Å². The van der Waals surface area contributed by atoms with Crippen molar-refractivity contribution >= 4 is 28.4 Å². The molecule has 0 spiro atoms. The number of hydrazone groups is 1. The van der Waals surface area contributed by atoms with Crippen LogP contribution < -0.4 is 5.43 Å². The van der Waals surface area contributed by atoms with Crippen LogP contribution in [0.5, 0.6) is 0 Å². The minimum atomic E-state index is -0.441. The Morgan fingerprint density at radius 3 is 2.89 bits per heavy atom. The molecule has 27 heavy (non-hydrogen) atoms. The lowest BCUT2D eigenvalue weighted by Gasteiger charge is -2.45. The van der Waals surface area contributed by atoms with Crippen molar-refractivity contribution in [3.63, 3.8) is 0 Å². The monoisotopic (exact) mass is 367 g/mol. The average Bonchev–Trinajstić information content (AvgIpc) is 3.46. The van der Waals surface area contributed by atoms with E-state index in [1.807, 2.05) is 11.9 Å². The Morgan fingerprint density at radius 2 is 2.11 bits per heavy atom. The molecule has 0 bridgehead atoms. The average molecular weight is 367 g/mol. The predicted octanol–water partition coefficient (Wildman–Crippen LogP) is 1.42. The molecule has 1 aromatic heterocycles. The minimum absolute atomic E-state index is 0.0914. The van der Waals surface area contributed by atoms with E-state index in [-0.39, 0.29) is 18.0 Å². The third-order valence-corrected chi connectivity index (χ3v) is 6.16. The highest BCUT2D eigenvalue weighted by Gasteiger charge is 2.47. The fourth-order valence-electron chi connectivity index (χ4n) is 4.78. The van der Waals surface area contributed by atoms with Crippen molar-refractivity contribution in [1.29, 1.82) is 0 Å². The van der Waals surface area contributed by atoms with Crippen molar-refractivity contribution in [2.24, 2.45) is 11.0 Å². The first kappa shape index (κ1) is 15.3. The van der Waals surface area contributed by atoms with Gasteiger partial charge >= 0.3 is 0 Å². The zero-order valence-corrected chi connectivity index (χ0v) is 14.8. The van der Waals surface area contributed by atoms with Gasteiger partial charge in [0.1, 0.15) is 12.0 Å². The zero-order valence-electron chi connectivity index (χ0n) is 14.8. The number of carbonyl (C=O) groups is 2. The standard InChI is InChI=1S/C19H18FN5O2/c1-23-4-5-24-13-7-10(20)6-11-14(13)15-12(21-22-17(11)26)8-25(18(23)16(15)24)19(27)9-2-3-9/h6-7,9,18H,2-5,8H2,1H3,(H,22,26). The number of likely N-dealkylation sites (N-methyl/N-ethyl adjacent to an activating group) is 1. The molecule has 7 nitrogen and oxygen atoms in total. The van der Waals surface area contributed by atoms with Crippen LogP contribution in [0.4, 0.5) is 4.39 Å². The fourth-order valence-corrected chi connectivity index (χ4v) is 4.78. The van der Waals surface area contributed by atoms with E-state index in [2.05, 4.69) is 20.0 Å². The Hall–Kier alpha value is -2.74. The van der Waals surface area contributed by atoms with Crippen molar-refractivity contribution in [2.75, 3.05) is 20.1 Å². The van der Waals surface area contributed by atoms with Crippen LogP contribution in [-0.4, -0.2) is 52.0 Å². The lowest BCUT2D eigenvalue weighted by molar-refractivity contribution is -0.139. The molecule has 138 valence electrons. The Bertz CT molecular complexity index is 1080. The third kappa shape index (κ3) is 1.91. The Labute approximate surface area is 154 Å². The van der Waals surface area contributed by atoms with Crippen molar-refractivity contribution in [1.82, 2.24) is 19.8 Å². The molecule has 0 saturated heterocycles. The highest BCUT2D eigenvalue weighted by molar-refractivity contribution is 6.22. The van der Waals surface area contributed by atoms with Crippen LogP contribution in [0.15, 0.2) is 17.2 Å². The van der Waals surface area contributed by atoms with Gasteiger partial charge in [0.2, 0.25) is 5.91 Å². The maximum atomic E-state index is 14.3. The summed E-state index contributed by atoms with van der Waals surface area (Å²) in [4.78, 5) is 29.6. The first-order valence-electron chi connectivity index (χ1n) is 9.28. The van der Waals surface area contributed by atoms with Gasteiger partial charge in [-0.25, -0.2) is 9.82 Å². The first-order valence-corrected chi connectivity index (χ1v) is 9.28. The Morgan fingerprint density at radius 1 is 1.30 bits per heavy atom. The van der Waals surface area contributed by atoms with E-state index >= 15 is 0 Å². The molecule has 1 aliphatic carbocycles. The van der Waals surface area contributed by atoms with Crippen molar-refractivity contribution in [2.45, 2.75) is 25.6 Å². The lowest BCUT2D eigenvalue weighted by atomic mass is 9.95. The summed E-state index contributed by atoms with van der Waals surface area (Å²) in [6.07, 6.45) is 1.65. The maximum absolute atomic E-state index is 14.3. The van der Waals surface area contributed by atoms with Gasteiger partial charge in [0, 0.05) is 30.0 Å². The van der Waals surface area contributed by atoms with E-state index in [0.717, 1.165) is 36.0 Å². The molecular weight excluding hydrogens is 349 g/mol. The first-order chi connectivity index (χ1) is 13.0. The van der Waals surface area contributed by atoms with Crippen LogP contribution in [0, 0.1) is 11.7 Å². The fraction of sp³-hybridized carbons (Fsp3) is 0.421. The summed E-state index contributed by atoms with van der Waals surface area (Å²) in [6.45, 7) is 1.79. The van der Waals surface area contributed by atoms with Gasteiger partial charge in [-0.1, -0.05) is 0 Å². The Kier molecular flexibility index (Phi) is 2.81. The molecule has 4 heterocycles. The largest absolute Gasteiger partial charge is 0.340 e. The molecule has 0 radical (unpaired) electrons. The molecule has 1 aromatic carbocycles. The van der Waals surface area contributed by atoms with Gasteiger partial charge in [0.25, 0.3) is 5.91 Å². The summed E-state index contributed by atoms with van der Waals surface area (Å²) >= 11 is 0. The molecule has 2 amide bonds. The van der Waals surface area contributed by atoms with Gasteiger partial charge < -0.3 is 9.47 Å². The quantitative estimate of drug-likeness (QED) is 0.829. The summed E-state index contributed by atoms with van der Waals surface area (Å²) in [5.41, 5.74) is 6.05. The summed E-state index contributed by atoms with van der Waals surface area (Å²) in [5, 5.41) is 5.07. The molecule has 1 fully saturated rings. The SMILES string of the molecule is CN1CCn2c3c4c5c(cc(F)cc52)C(=O)NN=C4CN(C(=O)C2CC2)C31. The van der Waals surface area contributed by atoms with Crippen molar-refractivity contribution in [3.05, 3.63) is 34.8 Å². The summed E-state index contributed by atoms with van der Waals surface area (Å²) < 4.78 is 16.4. The smallest absolute Gasteiger partial charge is 0.272 e. The molecule has 1 unspecified atom stereocenters. The second-order valence-corrected chi connectivity index (χ2v) is 7.85. The molecule has 1 saturated carbocycles. The zero-order chi connectivity index (χ0) is 18.4. The second-order valence-electron chi connectivity index (χ2n) is 7.85. The molecule has 2 aromatic rings. The molecule has 3 aliphatic heterocycles. The van der Waals surface area contributed by atoms with E-state index in [9.17, 15) is 14.0 Å². The minimum Gasteiger partial charge on any atom is -0.340 e. The summed E-state index contributed by atoms with van der Waals surface area (Å²) in [5.74, 6) is -0.622. The van der Waals surface area contributed by atoms with Gasteiger partial charge in [0.15, 0.2) is 0 Å². The van der Waals surface area contributed by atoms with Crippen LogP contribution in [0.25, 0.3) is 10.9 Å². The van der Waals surface area contributed by atoms with Gasteiger partial charge in [-0.2, -0.15) is 5.10 Å². The van der Waals surface area contributed by atoms with Crippen molar-refractivity contribution < 1.29 is 14.0 Å². The number of nitrogens with one attached hydrogen (secondary N) is 1. The normalized spacial score (nSPS) is 23.9. The number of fused-ring (bicyclic) bond motifs is 1. The summed E-state index contributed by atoms with van der Waals surface area (Å²) in [7, 11) is 2.01. The van der Waals surface area contributed by atoms with Gasteiger partial charge in [0.05, 0.1) is 29.0 Å². The maximum Gasteiger partial charge on any atom is 0.272 e. The number of amides is 2. The van der Waals surface area contributed by atoms with Gasteiger partial charge in [-0.05, 0) is 32.0 Å². The number of aromatic nitrogens is 1. The highest BCUT2D eigenvalue weighted by atomic mass is 19.1. The predicted molar refractivity (Wildman–Crippen MR) is 95.7 cm³/mol. The number of hydrogen-bond donors (Lipinski definition) is 1. The van der Waals surface area contributed by atoms with Crippen LogP contribution in [0.2, 0.25) is 0 Å². The number of rotatable bonds is 1. The summed E-state index contributed by atoms with van der Waals surface area (Å²) in [6, 6.07) is 2.77. The molecule has 8 heteroatoms. The van der Waals surface area contributed by atoms with Crippen LogP contribution in [0.3, 0.4) is 0 Å². The van der Waals surface area contributed by atoms with E-state index in [4.69, 9.17) is 0 Å². The molecule has 6 rings (SSSR count). The number of halogens is 1. The number of hydrogen-bond acceptors (Lipinski definition) is 4. The Balaban J connectivity index is 1.70. The van der Waals surface area contributed by atoms with Crippen LogP contribution in [0.1, 0.15) is 40.6 Å². The van der Waals surface area contributed by atoms with E-state index in [1.54, 1.807) is 0 Å². The van der Waals surface area contributed by atoms with Gasteiger partial charge in [-0.15, -0.1) is 0 Å². The van der Waals surface area contributed by atoms with E-state index < -0.39 is 11.7 Å². The van der Waals surface area contributed by atoms with Gasteiger partial charge in [-0.3, -0.25) is 14.5 Å². The lowest BCUT2D eigenvalue weighted by Crippen LogP contribution is -2.53. The number of benzene rings is 1. The van der Waals surface area contributed by atoms with E-state index in [0.29, 0.717) is 29.9 Å². The topological polar surface area (TPSA) is 69.9 Å². The third-order valence-electron chi connectivity index (χ3n) is 6.16. The van der Waals surface area contributed by atoms with Crippen molar-refractivity contribution in [3.8, 4) is 0 Å². The highest BCUT2D eigenvalue weighted by Crippen LogP contribution is 2.44. The van der Waals surface area contributed by atoms with Crippen LogP contribution in [-0.2, 0) is 11.3 Å². The number of nitrogens with zero attached hydrogens (tertiary/aromatic N) is 4. The second kappa shape index (κ2) is 4.95.